The van der Waals surface area contributed by atoms with Crippen molar-refractivity contribution < 1.29 is 4.52 Å². The molecule has 6 heteroatoms. The Kier molecular flexibility index (Phi) is 2.38. The first-order valence-electron chi connectivity index (χ1n) is 5.01. The first kappa shape index (κ1) is 10.7. The van der Waals surface area contributed by atoms with Crippen LogP contribution in [0.25, 0.3) is 21.7 Å². The molecule has 0 unspecified atom stereocenters. The summed E-state index contributed by atoms with van der Waals surface area (Å²) in [4.78, 5) is 10.7. The largest absolute Gasteiger partial charge is 0.361 e. The molecule has 3 heterocycles. The summed E-state index contributed by atoms with van der Waals surface area (Å²) in [6.45, 7) is 3.84. The predicted molar refractivity (Wildman–Crippen MR) is 67.4 cm³/mol. The van der Waals surface area contributed by atoms with Gasteiger partial charge in [-0.2, -0.15) is 0 Å². The van der Waals surface area contributed by atoms with Crippen LogP contribution in [0, 0.1) is 13.8 Å². The van der Waals surface area contributed by atoms with Gasteiger partial charge in [0.2, 0.25) is 0 Å². The average molecular weight is 266 g/mol. The topological polar surface area (TPSA) is 51.8 Å². The maximum atomic E-state index is 6.13. The van der Waals surface area contributed by atoms with E-state index in [1.165, 1.54) is 0 Å². The molecule has 0 spiro atoms. The van der Waals surface area contributed by atoms with Crippen molar-refractivity contribution in [2.75, 3.05) is 0 Å². The van der Waals surface area contributed by atoms with E-state index in [4.69, 9.17) is 16.1 Å². The molecule has 0 amide bonds. The number of nitrogens with zero attached hydrogens (tertiary/aromatic N) is 3. The Labute approximate surface area is 106 Å². The van der Waals surface area contributed by atoms with E-state index in [9.17, 15) is 0 Å². The van der Waals surface area contributed by atoms with Crippen molar-refractivity contribution in [3.63, 3.8) is 0 Å². The summed E-state index contributed by atoms with van der Waals surface area (Å²) in [6, 6.07) is 3.78. The lowest BCUT2D eigenvalue weighted by Gasteiger charge is -1.96. The fraction of sp³-hybridized carbons (Fsp3) is 0.182. The maximum absolute atomic E-state index is 6.13. The first-order chi connectivity index (χ1) is 8.13. The molecule has 0 N–H and O–H groups in total. The van der Waals surface area contributed by atoms with Gasteiger partial charge in [0.25, 0.3) is 0 Å². The van der Waals surface area contributed by atoms with Crippen molar-refractivity contribution in [2.24, 2.45) is 0 Å². The standard InChI is InChI=1S/C11H8ClN3OS/c1-5-3-8(15-16-5)10-13-9(12)7-4-6(2)17-11(7)14-10/h3-4H,1-2H3. The molecule has 0 aromatic carbocycles. The zero-order valence-corrected chi connectivity index (χ0v) is 10.8. The van der Waals surface area contributed by atoms with Crippen LogP contribution in [0.15, 0.2) is 16.7 Å². The molecular weight excluding hydrogens is 258 g/mol. The number of aromatic nitrogens is 3. The normalized spacial score (nSPS) is 11.2. The Hall–Kier alpha value is -1.46. The van der Waals surface area contributed by atoms with E-state index in [0.29, 0.717) is 16.7 Å². The predicted octanol–water partition coefficient (Wildman–Crippen LogP) is 3.62. The van der Waals surface area contributed by atoms with Gasteiger partial charge >= 0.3 is 0 Å². The van der Waals surface area contributed by atoms with Gasteiger partial charge in [-0.25, -0.2) is 9.97 Å². The average Bonchev–Trinajstić information content (AvgIpc) is 2.83. The number of thiophene rings is 1. The second-order valence-electron chi connectivity index (χ2n) is 3.74. The third-order valence-corrected chi connectivity index (χ3v) is 3.56. The van der Waals surface area contributed by atoms with E-state index < -0.39 is 0 Å². The molecule has 0 aliphatic rings. The molecule has 17 heavy (non-hydrogen) atoms. The monoisotopic (exact) mass is 265 g/mol. The van der Waals surface area contributed by atoms with Crippen LogP contribution in [-0.4, -0.2) is 15.1 Å². The molecule has 0 aliphatic heterocycles. The van der Waals surface area contributed by atoms with Gasteiger partial charge in [0.1, 0.15) is 15.7 Å². The zero-order valence-electron chi connectivity index (χ0n) is 9.19. The fourth-order valence-electron chi connectivity index (χ4n) is 1.59. The smallest absolute Gasteiger partial charge is 0.184 e. The Balaban J connectivity index is 2.24. The molecule has 0 aliphatic carbocycles. The van der Waals surface area contributed by atoms with Gasteiger partial charge < -0.3 is 4.52 Å². The minimum Gasteiger partial charge on any atom is -0.361 e. The zero-order chi connectivity index (χ0) is 12.0. The minimum absolute atomic E-state index is 0.454. The summed E-state index contributed by atoms with van der Waals surface area (Å²) >= 11 is 7.72. The van der Waals surface area contributed by atoms with E-state index in [0.717, 1.165) is 20.9 Å². The highest BCUT2D eigenvalue weighted by Crippen LogP contribution is 2.30. The number of aryl methyl sites for hydroxylation is 2. The van der Waals surface area contributed by atoms with Gasteiger partial charge in [-0.3, -0.25) is 0 Å². The molecule has 0 atom stereocenters. The maximum Gasteiger partial charge on any atom is 0.184 e. The number of halogens is 1. The van der Waals surface area contributed by atoms with Crippen LogP contribution in [0.5, 0.6) is 0 Å². The molecule has 0 saturated carbocycles. The molecule has 0 saturated heterocycles. The van der Waals surface area contributed by atoms with Crippen LogP contribution >= 0.6 is 22.9 Å². The van der Waals surface area contributed by atoms with Crippen LogP contribution in [0.1, 0.15) is 10.6 Å². The van der Waals surface area contributed by atoms with E-state index in [1.54, 1.807) is 17.4 Å². The third kappa shape index (κ3) is 1.81. The van der Waals surface area contributed by atoms with Gasteiger partial charge in [0.05, 0.1) is 0 Å². The van der Waals surface area contributed by atoms with Gasteiger partial charge in [-0.1, -0.05) is 16.8 Å². The van der Waals surface area contributed by atoms with Crippen LogP contribution in [0.2, 0.25) is 5.15 Å². The first-order valence-corrected chi connectivity index (χ1v) is 6.20. The van der Waals surface area contributed by atoms with Gasteiger partial charge in [0.15, 0.2) is 11.5 Å². The van der Waals surface area contributed by atoms with E-state index in [2.05, 4.69) is 15.1 Å². The van der Waals surface area contributed by atoms with Crippen molar-refractivity contribution in [3.8, 4) is 11.5 Å². The number of hydrogen-bond acceptors (Lipinski definition) is 5. The summed E-state index contributed by atoms with van der Waals surface area (Å²) in [7, 11) is 0. The summed E-state index contributed by atoms with van der Waals surface area (Å²) in [5.41, 5.74) is 0.609. The second-order valence-corrected chi connectivity index (χ2v) is 5.33. The number of fused-ring (bicyclic) bond motifs is 1. The summed E-state index contributed by atoms with van der Waals surface area (Å²) in [6.07, 6.45) is 0. The molecule has 0 bridgehead atoms. The molecular formula is C11H8ClN3OS. The molecule has 3 rings (SSSR count). The lowest BCUT2D eigenvalue weighted by molar-refractivity contribution is 0.399. The molecule has 4 nitrogen and oxygen atoms in total. The van der Waals surface area contributed by atoms with Crippen LogP contribution in [0.4, 0.5) is 0 Å². The van der Waals surface area contributed by atoms with Crippen molar-refractivity contribution in [1.29, 1.82) is 0 Å². The Morgan fingerprint density at radius 3 is 2.76 bits per heavy atom. The molecule has 0 radical (unpaired) electrons. The third-order valence-electron chi connectivity index (χ3n) is 2.33. The van der Waals surface area contributed by atoms with Crippen molar-refractivity contribution >= 4 is 33.2 Å². The summed E-state index contributed by atoms with van der Waals surface area (Å²) < 4.78 is 5.01. The molecule has 3 aromatic heterocycles. The number of rotatable bonds is 1. The van der Waals surface area contributed by atoms with Crippen LogP contribution in [0.3, 0.4) is 0 Å². The molecule has 3 aromatic rings. The lowest BCUT2D eigenvalue weighted by atomic mass is 10.3. The van der Waals surface area contributed by atoms with Gasteiger partial charge in [0, 0.05) is 16.3 Å². The van der Waals surface area contributed by atoms with Crippen molar-refractivity contribution in [3.05, 3.63) is 27.9 Å². The fourth-order valence-corrected chi connectivity index (χ4v) is 2.75. The highest BCUT2D eigenvalue weighted by molar-refractivity contribution is 7.18. The SMILES string of the molecule is Cc1cc(-c2nc(Cl)c3cc(C)sc3n2)no1. The Morgan fingerprint density at radius 2 is 2.06 bits per heavy atom. The van der Waals surface area contributed by atoms with Crippen molar-refractivity contribution in [1.82, 2.24) is 15.1 Å². The van der Waals surface area contributed by atoms with Crippen LogP contribution in [-0.2, 0) is 0 Å². The summed E-state index contributed by atoms with van der Waals surface area (Å²) in [5, 5.41) is 5.23. The lowest BCUT2D eigenvalue weighted by Crippen LogP contribution is -1.89. The number of hydrogen-bond donors (Lipinski definition) is 0. The molecule has 86 valence electrons. The van der Waals surface area contributed by atoms with Crippen LogP contribution < -0.4 is 0 Å². The Bertz CT molecular complexity index is 704. The quantitative estimate of drug-likeness (QED) is 0.631. The van der Waals surface area contributed by atoms with E-state index in [1.807, 2.05) is 19.9 Å². The van der Waals surface area contributed by atoms with E-state index in [-0.39, 0.29) is 0 Å². The molecule has 0 fully saturated rings. The Morgan fingerprint density at radius 1 is 1.24 bits per heavy atom. The van der Waals surface area contributed by atoms with Gasteiger partial charge in [-0.15, -0.1) is 11.3 Å². The van der Waals surface area contributed by atoms with Crippen molar-refractivity contribution in [2.45, 2.75) is 13.8 Å². The summed E-state index contributed by atoms with van der Waals surface area (Å²) in [5.74, 6) is 1.23. The highest BCUT2D eigenvalue weighted by Gasteiger charge is 2.12. The minimum atomic E-state index is 0.454. The van der Waals surface area contributed by atoms with E-state index >= 15 is 0 Å². The second kappa shape index (κ2) is 3.78. The highest BCUT2D eigenvalue weighted by atomic mass is 35.5. The van der Waals surface area contributed by atoms with Gasteiger partial charge in [-0.05, 0) is 19.9 Å².